The fraction of sp³-hybridized carbons (Fsp3) is 0.500. The van der Waals surface area contributed by atoms with Gasteiger partial charge in [0.2, 0.25) is 0 Å². The topological polar surface area (TPSA) is 67.8 Å². The van der Waals surface area contributed by atoms with Crippen molar-refractivity contribution in [3.8, 4) is 11.5 Å². The minimum absolute atomic E-state index is 0.628. The normalized spacial score (nSPS) is 11.3. The lowest BCUT2D eigenvalue weighted by atomic mass is 10.1. The maximum Gasteiger partial charge on any atom is 0.191 e. The van der Waals surface area contributed by atoms with Gasteiger partial charge < -0.3 is 20.1 Å². The van der Waals surface area contributed by atoms with Crippen molar-refractivity contribution in [3.05, 3.63) is 39.8 Å². The number of aromatic nitrogens is 1. The largest absolute Gasteiger partial charge is 0.493 e. The standard InChI is InChI=1S/C20H30N4O2S/c1-5-21-20(23-13-19-15(3)24-14-27-19)22-11-7-8-16-9-10-17(25-4)18(12-16)26-6-2/h9-10,12,14H,5-8,11,13H2,1-4H3,(H2,21,22,23). The first kappa shape index (κ1) is 21.0. The molecule has 0 aliphatic rings. The van der Waals surface area contributed by atoms with Gasteiger partial charge in [-0.3, -0.25) is 0 Å². The van der Waals surface area contributed by atoms with Crippen molar-refractivity contribution < 1.29 is 9.47 Å². The van der Waals surface area contributed by atoms with E-state index >= 15 is 0 Å². The highest BCUT2D eigenvalue weighted by atomic mass is 32.1. The Morgan fingerprint density at radius 2 is 2.07 bits per heavy atom. The molecule has 0 aliphatic heterocycles. The zero-order valence-corrected chi connectivity index (χ0v) is 17.5. The van der Waals surface area contributed by atoms with Crippen LogP contribution in [0.3, 0.4) is 0 Å². The summed E-state index contributed by atoms with van der Waals surface area (Å²) in [6, 6.07) is 6.12. The molecule has 7 heteroatoms. The molecule has 0 fully saturated rings. The molecule has 148 valence electrons. The highest BCUT2D eigenvalue weighted by Gasteiger charge is 2.06. The fourth-order valence-electron chi connectivity index (χ4n) is 2.61. The minimum atomic E-state index is 0.628. The Kier molecular flexibility index (Phi) is 8.91. The Labute approximate surface area is 166 Å². The van der Waals surface area contributed by atoms with Crippen LogP contribution in [0.2, 0.25) is 0 Å². The molecule has 27 heavy (non-hydrogen) atoms. The molecule has 1 heterocycles. The van der Waals surface area contributed by atoms with E-state index in [9.17, 15) is 0 Å². The Bertz CT molecular complexity index is 731. The number of thiazole rings is 1. The van der Waals surface area contributed by atoms with Gasteiger partial charge in [-0.2, -0.15) is 0 Å². The quantitative estimate of drug-likeness (QED) is 0.369. The van der Waals surface area contributed by atoms with Crippen LogP contribution in [-0.4, -0.2) is 37.7 Å². The zero-order valence-electron chi connectivity index (χ0n) is 16.7. The molecule has 0 unspecified atom stereocenters. The minimum Gasteiger partial charge on any atom is -0.493 e. The van der Waals surface area contributed by atoms with E-state index in [4.69, 9.17) is 9.47 Å². The summed E-state index contributed by atoms with van der Waals surface area (Å²) in [6.07, 6.45) is 1.96. The Hall–Kier alpha value is -2.28. The van der Waals surface area contributed by atoms with E-state index in [2.05, 4.69) is 39.7 Å². The highest BCUT2D eigenvalue weighted by Crippen LogP contribution is 2.28. The van der Waals surface area contributed by atoms with Gasteiger partial charge in [0, 0.05) is 18.0 Å². The van der Waals surface area contributed by atoms with Gasteiger partial charge in [-0.1, -0.05) is 6.07 Å². The van der Waals surface area contributed by atoms with Crippen LogP contribution >= 0.6 is 11.3 Å². The molecule has 0 saturated heterocycles. The molecular formula is C20H30N4O2S. The lowest BCUT2D eigenvalue weighted by Crippen LogP contribution is -2.37. The van der Waals surface area contributed by atoms with Gasteiger partial charge in [-0.15, -0.1) is 11.3 Å². The number of methoxy groups -OCH3 is 1. The number of hydrogen-bond acceptors (Lipinski definition) is 5. The molecule has 0 bridgehead atoms. The van der Waals surface area contributed by atoms with Gasteiger partial charge in [-0.05, 0) is 51.3 Å². The van der Waals surface area contributed by atoms with E-state index in [0.29, 0.717) is 13.2 Å². The average Bonchev–Trinajstić information content (AvgIpc) is 3.08. The van der Waals surface area contributed by atoms with Gasteiger partial charge in [0.1, 0.15) is 0 Å². The molecule has 0 saturated carbocycles. The van der Waals surface area contributed by atoms with E-state index in [0.717, 1.165) is 49.1 Å². The molecular weight excluding hydrogens is 360 g/mol. The van der Waals surface area contributed by atoms with Crippen LogP contribution in [0.15, 0.2) is 28.7 Å². The smallest absolute Gasteiger partial charge is 0.191 e. The van der Waals surface area contributed by atoms with Crippen LogP contribution in [-0.2, 0) is 13.0 Å². The van der Waals surface area contributed by atoms with Crippen LogP contribution in [0.1, 0.15) is 36.4 Å². The molecule has 0 radical (unpaired) electrons. The van der Waals surface area contributed by atoms with Crippen molar-refractivity contribution in [2.75, 3.05) is 26.8 Å². The monoisotopic (exact) mass is 390 g/mol. The number of benzene rings is 1. The number of guanidine groups is 1. The van der Waals surface area contributed by atoms with Crippen molar-refractivity contribution in [2.24, 2.45) is 4.99 Å². The molecule has 0 aliphatic carbocycles. The van der Waals surface area contributed by atoms with E-state index in [-0.39, 0.29) is 0 Å². The maximum atomic E-state index is 5.65. The molecule has 0 amide bonds. The summed E-state index contributed by atoms with van der Waals surface area (Å²) in [7, 11) is 1.66. The first-order valence-electron chi connectivity index (χ1n) is 9.38. The van der Waals surface area contributed by atoms with Crippen molar-refractivity contribution in [1.29, 1.82) is 0 Å². The third-order valence-corrected chi connectivity index (χ3v) is 4.95. The summed E-state index contributed by atoms with van der Waals surface area (Å²) < 4.78 is 11.0. The fourth-order valence-corrected chi connectivity index (χ4v) is 3.32. The first-order valence-corrected chi connectivity index (χ1v) is 10.3. The number of ether oxygens (including phenoxy) is 2. The number of nitrogens with one attached hydrogen (secondary N) is 2. The highest BCUT2D eigenvalue weighted by molar-refractivity contribution is 7.09. The SMILES string of the molecule is CCNC(=NCc1scnc1C)NCCCc1ccc(OC)c(OCC)c1. The van der Waals surface area contributed by atoms with Gasteiger partial charge >= 0.3 is 0 Å². The van der Waals surface area contributed by atoms with E-state index < -0.39 is 0 Å². The maximum absolute atomic E-state index is 5.65. The van der Waals surface area contributed by atoms with Gasteiger partial charge in [0.15, 0.2) is 17.5 Å². The summed E-state index contributed by atoms with van der Waals surface area (Å²) in [4.78, 5) is 10.1. The molecule has 0 atom stereocenters. The molecule has 2 aromatic rings. The molecule has 1 aromatic carbocycles. The summed E-state index contributed by atoms with van der Waals surface area (Å²) in [5.41, 5.74) is 4.17. The zero-order chi connectivity index (χ0) is 19.5. The number of nitrogens with zero attached hydrogens (tertiary/aromatic N) is 2. The predicted molar refractivity (Wildman–Crippen MR) is 112 cm³/mol. The van der Waals surface area contributed by atoms with E-state index in [1.54, 1.807) is 18.4 Å². The summed E-state index contributed by atoms with van der Waals surface area (Å²) in [5, 5.41) is 6.69. The van der Waals surface area contributed by atoms with Crippen LogP contribution in [0.25, 0.3) is 0 Å². The second-order valence-electron chi connectivity index (χ2n) is 6.00. The van der Waals surface area contributed by atoms with Gasteiger partial charge in [0.25, 0.3) is 0 Å². The summed E-state index contributed by atoms with van der Waals surface area (Å²) in [6.45, 7) is 9.04. The lowest BCUT2D eigenvalue weighted by Gasteiger charge is -2.13. The number of aryl methyl sites for hydroxylation is 2. The molecule has 1 aromatic heterocycles. The van der Waals surface area contributed by atoms with Crippen LogP contribution in [0, 0.1) is 6.92 Å². The summed E-state index contributed by atoms with van der Waals surface area (Å²) >= 11 is 1.65. The third-order valence-electron chi connectivity index (χ3n) is 4.03. The third kappa shape index (κ3) is 6.75. The van der Waals surface area contributed by atoms with Gasteiger partial charge in [-0.25, -0.2) is 9.98 Å². The molecule has 2 N–H and O–H groups in total. The van der Waals surface area contributed by atoms with Crippen molar-refractivity contribution in [2.45, 2.75) is 40.2 Å². The Morgan fingerprint density at radius 1 is 1.22 bits per heavy atom. The van der Waals surface area contributed by atoms with Crippen LogP contribution in [0.4, 0.5) is 0 Å². The van der Waals surface area contributed by atoms with Crippen LogP contribution in [0.5, 0.6) is 11.5 Å². The van der Waals surface area contributed by atoms with Crippen molar-refractivity contribution in [3.63, 3.8) is 0 Å². The Morgan fingerprint density at radius 3 is 2.74 bits per heavy atom. The number of rotatable bonds is 10. The van der Waals surface area contributed by atoms with Crippen LogP contribution < -0.4 is 20.1 Å². The molecule has 0 spiro atoms. The number of hydrogen-bond donors (Lipinski definition) is 2. The Balaban J connectivity index is 1.84. The van der Waals surface area contributed by atoms with E-state index in [1.807, 2.05) is 25.4 Å². The second kappa shape index (κ2) is 11.4. The predicted octanol–water partition coefficient (Wildman–Crippen LogP) is 3.55. The molecule has 2 rings (SSSR count). The summed E-state index contributed by atoms with van der Waals surface area (Å²) in [5.74, 6) is 2.42. The molecule has 6 nitrogen and oxygen atoms in total. The lowest BCUT2D eigenvalue weighted by molar-refractivity contribution is 0.310. The van der Waals surface area contributed by atoms with Gasteiger partial charge in [0.05, 0.1) is 31.5 Å². The van der Waals surface area contributed by atoms with Crippen molar-refractivity contribution in [1.82, 2.24) is 15.6 Å². The second-order valence-corrected chi connectivity index (χ2v) is 6.94. The average molecular weight is 391 g/mol. The first-order chi connectivity index (χ1) is 13.2. The number of aliphatic imine (C=N–C) groups is 1. The van der Waals surface area contributed by atoms with Crippen molar-refractivity contribution >= 4 is 17.3 Å². The van der Waals surface area contributed by atoms with E-state index in [1.165, 1.54) is 10.4 Å².